The quantitative estimate of drug-likeness (QED) is 0.919. The molecule has 0 unspecified atom stereocenters. The largest absolute Gasteiger partial charge is 0.445 e. The summed E-state index contributed by atoms with van der Waals surface area (Å²) in [7, 11) is 0. The van der Waals surface area contributed by atoms with E-state index in [2.05, 4.69) is 10.2 Å². The molecule has 0 spiro atoms. The van der Waals surface area contributed by atoms with Crippen LogP contribution >= 0.6 is 11.3 Å². The summed E-state index contributed by atoms with van der Waals surface area (Å²) in [6.45, 7) is 2.89. The van der Waals surface area contributed by atoms with Crippen LogP contribution in [0.25, 0.3) is 0 Å². The van der Waals surface area contributed by atoms with Crippen molar-refractivity contribution in [2.45, 2.75) is 19.5 Å². The van der Waals surface area contributed by atoms with Gasteiger partial charge in [-0.3, -0.25) is 0 Å². The average molecular weight is 316 g/mol. The number of benzene rings is 1. The molecule has 0 saturated heterocycles. The molecule has 0 atom stereocenters. The maximum Gasteiger partial charge on any atom is 0.445 e. The molecule has 0 bridgehead atoms. The van der Waals surface area contributed by atoms with Crippen LogP contribution < -0.4 is 10.6 Å². The fraction of sp³-hybridized carbons (Fsp3) is 0.385. The summed E-state index contributed by atoms with van der Waals surface area (Å²) in [6.07, 6.45) is -3.82. The lowest BCUT2D eigenvalue weighted by molar-refractivity contribution is -0.138. The van der Waals surface area contributed by atoms with Gasteiger partial charge in [-0.15, -0.1) is 10.2 Å². The third-order valence-electron chi connectivity index (χ3n) is 2.82. The van der Waals surface area contributed by atoms with Gasteiger partial charge in [0, 0.05) is 12.2 Å². The second-order valence-corrected chi connectivity index (χ2v) is 5.47. The summed E-state index contributed by atoms with van der Waals surface area (Å²) in [4.78, 5) is 1.71. The number of nitrogens with zero attached hydrogens (tertiary/aromatic N) is 3. The second kappa shape index (κ2) is 6.40. The van der Waals surface area contributed by atoms with E-state index in [4.69, 9.17) is 5.73 Å². The number of hydrogen-bond acceptors (Lipinski definition) is 5. The van der Waals surface area contributed by atoms with Gasteiger partial charge in [-0.1, -0.05) is 29.0 Å². The third kappa shape index (κ3) is 3.92. The van der Waals surface area contributed by atoms with Crippen molar-refractivity contribution < 1.29 is 13.2 Å². The Bertz CT molecular complexity index is 580. The van der Waals surface area contributed by atoms with Crippen molar-refractivity contribution >= 4 is 22.2 Å². The predicted octanol–water partition coefficient (Wildman–Crippen LogP) is 3.35. The molecule has 2 rings (SSSR count). The number of rotatable bonds is 5. The normalized spacial score (nSPS) is 11.7. The van der Waals surface area contributed by atoms with E-state index in [0.29, 0.717) is 30.8 Å². The first kappa shape index (κ1) is 15.7. The lowest BCUT2D eigenvalue weighted by atomic mass is 10.2. The van der Waals surface area contributed by atoms with Crippen LogP contribution in [0.3, 0.4) is 0 Å². The standard InChI is InChI=1S/C13H15F3N4S/c1-9-3-5-10(6-4-9)20(8-2-7-17)12-19-18-11(21-12)13(14,15)16/h3-6H,2,7-8,17H2,1H3. The molecule has 0 aliphatic carbocycles. The minimum Gasteiger partial charge on any atom is -0.330 e. The van der Waals surface area contributed by atoms with E-state index in [9.17, 15) is 13.2 Å². The molecule has 8 heteroatoms. The van der Waals surface area contributed by atoms with Crippen molar-refractivity contribution in [1.82, 2.24) is 10.2 Å². The van der Waals surface area contributed by atoms with Crippen LogP contribution in [0.4, 0.5) is 24.0 Å². The molecule has 1 heterocycles. The van der Waals surface area contributed by atoms with Gasteiger partial charge in [-0.05, 0) is 32.0 Å². The molecule has 0 radical (unpaired) electrons. The van der Waals surface area contributed by atoms with E-state index in [1.54, 1.807) is 4.90 Å². The Balaban J connectivity index is 2.31. The maximum absolute atomic E-state index is 12.6. The molecule has 0 amide bonds. The van der Waals surface area contributed by atoms with Gasteiger partial charge in [-0.25, -0.2) is 0 Å². The Hall–Kier alpha value is -1.67. The Morgan fingerprint density at radius 1 is 1.19 bits per heavy atom. The summed E-state index contributed by atoms with van der Waals surface area (Å²) in [5, 5.41) is 6.18. The molecular weight excluding hydrogens is 301 g/mol. The summed E-state index contributed by atoms with van der Waals surface area (Å²) < 4.78 is 37.9. The molecule has 1 aromatic heterocycles. The van der Waals surface area contributed by atoms with Crippen molar-refractivity contribution in [3.8, 4) is 0 Å². The van der Waals surface area contributed by atoms with Crippen molar-refractivity contribution in [3.05, 3.63) is 34.8 Å². The van der Waals surface area contributed by atoms with E-state index in [1.807, 2.05) is 31.2 Å². The smallest absolute Gasteiger partial charge is 0.330 e. The van der Waals surface area contributed by atoms with E-state index in [0.717, 1.165) is 11.3 Å². The summed E-state index contributed by atoms with van der Waals surface area (Å²) >= 11 is 0.535. The summed E-state index contributed by atoms with van der Waals surface area (Å²) in [5.74, 6) is 0. The van der Waals surface area contributed by atoms with Gasteiger partial charge in [0.1, 0.15) is 0 Å². The number of aromatic nitrogens is 2. The fourth-order valence-electron chi connectivity index (χ4n) is 1.75. The molecule has 4 nitrogen and oxygen atoms in total. The molecule has 2 aromatic rings. The lowest BCUT2D eigenvalue weighted by Crippen LogP contribution is -2.20. The van der Waals surface area contributed by atoms with Gasteiger partial charge in [0.15, 0.2) is 0 Å². The van der Waals surface area contributed by atoms with Gasteiger partial charge in [-0.2, -0.15) is 13.2 Å². The molecule has 114 valence electrons. The average Bonchev–Trinajstić information content (AvgIpc) is 2.91. The Morgan fingerprint density at radius 3 is 2.38 bits per heavy atom. The number of aryl methyl sites for hydroxylation is 1. The Morgan fingerprint density at radius 2 is 1.86 bits per heavy atom. The van der Waals surface area contributed by atoms with Gasteiger partial charge in [0.25, 0.3) is 0 Å². The summed E-state index contributed by atoms with van der Waals surface area (Å²) in [5.41, 5.74) is 7.34. The molecule has 21 heavy (non-hydrogen) atoms. The molecule has 0 aliphatic heterocycles. The highest BCUT2D eigenvalue weighted by atomic mass is 32.1. The minimum atomic E-state index is -4.47. The van der Waals surface area contributed by atoms with E-state index in [1.165, 1.54) is 0 Å². The van der Waals surface area contributed by atoms with Crippen LogP contribution in [0.1, 0.15) is 17.0 Å². The van der Waals surface area contributed by atoms with Crippen LogP contribution in [0.5, 0.6) is 0 Å². The molecule has 0 fully saturated rings. The monoisotopic (exact) mass is 316 g/mol. The molecule has 0 aliphatic rings. The fourth-order valence-corrected chi connectivity index (χ4v) is 2.51. The molecule has 1 aromatic carbocycles. The highest BCUT2D eigenvalue weighted by Gasteiger charge is 2.36. The zero-order valence-electron chi connectivity index (χ0n) is 11.4. The first-order chi connectivity index (χ1) is 9.91. The molecule has 0 saturated carbocycles. The molecule has 2 N–H and O–H groups in total. The lowest BCUT2D eigenvalue weighted by Gasteiger charge is -2.21. The van der Waals surface area contributed by atoms with Crippen LogP contribution in [0, 0.1) is 6.92 Å². The van der Waals surface area contributed by atoms with Crippen molar-refractivity contribution in [2.75, 3.05) is 18.0 Å². The SMILES string of the molecule is Cc1ccc(N(CCCN)c2nnc(C(F)(F)F)s2)cc1. The van der Waals surface area contributed by atoms with E-state index < -0.39 is 11.2 Å². The second-order valence-electron chi connectivity index (χ2n) is 4.52. The van der Waals surface area contributed by atoms with Crippen molar-refractivity contribution in [1.29, 1.82) is 0 Å². The Labute approximate surface area is 124 Å². The van der Waals surface area contributed by atoms with Gasteiger partial charge in [0.2, 0.25) is 10.1 Å². The van der Waals surface area contributed by atoms with Gasteiger partial charge < -0.3 is 10.6 Å². The number of halogens is 3. The van der Waals surface area contributed by atoms with Crippen LogP contribution in [0.2, 0.25) is 0 Å². The van der Waals surface area contributed by atoms with Gasteiger partial charge >= 0.3 is 6.18 Å². The topological polar surface area (TPSA) is 55.0 Å². The number of anilines is 2. The van der Waals surface area contributed by atoms with Crippen LogP contribution in [-0.4, -0.2) is 23.3 Å². The number of hydrogen-bond donors (Lipinski definition) is 1. The first-order valence-electron chi connectivity index (χ1n) is 6.37. The van der Waals surface area contributed by atoms with E-state index >= 15 is 0 Å². The zero-order valence-corrected chi connectivity index (χ0v) is 12.2. The molecular formula is C13H15F3N4S. The minimum absolute atomic E-state index is 0.222. The van der Waals surface area contributed by atoms with Crippen LogP contribution in [-0.2, 0) is 6.18 Å². The predicted molar refractivity (Wildman–Crippen MR) is 76.8 cm³/mol. The van der Waals surface area contributed by atoms with Gasteiger partial charge in [0.05, 0.1) is 0 Å². The highest BCUT2D eigenvalue weighted by Crippen LogP contribution is 2.36. The Kier molecular flexibility index (Phi) is 4.79. The van der Waals surface area contributed by atoms with Crippen molar-refractivity contribution in [2.24, 2.45) is 5.73 Å². The highest BCUT2D eigenvalue weighted by molar-refractivity contribution is 7.15. The zero-order chi connectivity index (χ0) is 15.5. The summed E-state index contributed by atoms with van der Waals surface area (Å²) in [6, 6.07) is 7.49. The number of alkyl halides is 3. The van der Waals surface area contributed by atoms with Crippen LogP contribution in [0.15, 0.2) is 24.3 Å². The van der Waals surface area contributed by atoms with Crippen molar-refractivity contribution in [3.63, 3.8) is 0 Å². The first-order valence-corrected chi connectivity index (χ1v) is 7.18. The third-order valence-corrected chi connectivity index (χ3v) is 3.81. The van der Waals surface area contributed by atoms with E-state index in [-0.39, 0.29) is 5.13 Å². The number of nitrogens with two attached hydrogens (primary N) is 1. The maximum atomic E-state index is 12.6.